The molecule has 1 fully saturated rings. The van der Waals surface area contributed by atoms with Gasteiger partial charge in [-0.2, -0.15) is 0 Å². The van der Waals surface area contributed by atoms with E-state index in [1.807, 2.05) is 26.1 Å². The molecular formula is C20H24N6. The molecule has 0 aromatic carbocycles. The summed E-state index contributed by atoms with van der Waals surface area (Å²) in [6, 6.07) is 6.23. The van der Waals surface area contributed by atoms with Crippen molar-refractivity contribution in [3.05, 3.63) is 59.6 Å². The minimum atomic E-state index is 0.364. The number of aromatic nitrogens is 5. The second-order valence-electron chi connectivity index (χ2n) is 7.05. The first-order chi connectivity index (χ1) is 12.7. The summed E-state index contributed by atoms with van der Waals surface area (Å²) in [6.45, 7) is 7.00. The standard InChI is InChI=1S/C20H24N6/c1-14-5-3-7-17(24-14)13-26-10-4-6-16(12-26)18-19(22-9-8-21-18)20-23-11-15(2)25-20/h3,5,7-9,11,16H,4,6,10,12-13H2,1-2H3,(H,23,25)/t16-/m1/s1. The van der Waals surface area contributed by atoms with Crippen molar-refractivity contribution in [1.82, 2.24) is 29.8 Å². The third-order valence-electron chi connectivity index (χ3n) is 4.88. The predicted octanol–water partition coefficient (Wildman–Crippen LogP) is 3.26. The van der Waals surface area contributed by atoms with Crippen LogP contribution >= 0.6 is 0 Å². The number of aromatic amines is 1. The molecule has 0 amide bonds. The Morgan fingerprint density at radius 2 is 2.04 bits per heavy atom. The zero-order valence-electron chi connectivity index (χ0n) is 15.3. The van der Waals surface area contributed by atoms with E-state index in [2.05, 4.69) is 42.0 Å². The molecule has 26 heavy (non-hydrogen) atoms. The van der Waals surface area contributed by atoms with Gasteiger partial charge in [-0.05, 0) is 45.4 Å². The maximum absolute atomic E-state index is 4.68. The number of imidazole rings is 1. The van der Waals surface area contributed by atoms with Gasteiger partial charge in [0.2, 0.25) is 0 Å². The van der Waals surface area contributed by atoms with Gasteiger partial charge in [0.15, 0.2) is 5.82 Å². The molecule has 1 saturated heterocycles. The first kappa shape index (κ1) is 16.8. The first-order valence-electron chi connectivity index (χ1n) is 9.17. The van der Waals surface area contributed by atoms with Gasteiger partial charge in [0.25, 0.3) is 0 Å². The Balaban J connectivity index is 1.55. The van der Waals surface area contributed by atoms with E-state index >= 15 is 0 Å². The number of nitrogens with one attached hydrogen (secondary N) is 1. The maximum Gasteiger partial charge on any atom is 0.158 e. The van der Waals surface area contributed by atoms with Crippen LogP contribution < -0.4 is 0 Å². The van der Waals surface area contributed by atoms with E-state index in [0.717, 1.165) is 66.8 Å². The normalized spacial score (nSPS) is 18.2. The molecule has 6 nitrogen and oxygen atoms in total. The van der Waals surface area contributed by atoms with Crippen LogP contribution in [-0.2, 0) is 6.54 Å². The SMILES string of the molecule is Cc1cccc(CN2CCC[C@@H](c3nccnc3-c3ncc(C)[nH]3)C2)n1. The van der Waals surface area contributed by atoms with Gasteiger partial charge in [-0.1, -0.05) is 6.07 Å². The van der Waals surface area contributed by atoms with Crippen LogP contribution in [-0.4, -0.2) is 42.9 Å². The number of hydrogen-bond donors (Lipinski definition) is 1. The van der Waals surface area contributed by atoms with Crippen molar-refractivity contribution >= 4 is 0 Å². The number of pyridine rings is 1. The number of rotatable bonds is 4. The highest BCUT2D eigenvalue weighted by Gasteiger charge is 2.26. The summed E-state index contributed by atoms with van der Waals surface area (Å²) in [5.41, 5.74) is 5.16. The van der Waals surface area contributed by atoms with Crippen LogP contribution in [0.15, 0.2) is 36.8 Å². The summed E-state index contributed by atoms with van der Waals surface area (Å²) >= 11 is 0. The quantitative estimate of drug-likeness (QED) is 0.784. The summed E-state index contributed by atoms with van der Waals surface area (Å²) < 4.78 is 0. The topological polar surface area (TPSA) is 70.6 Å². The van der Waals surface area contributed by atoms with Crippen LogP contribution in [0.4, 0.5) is 0 Å². The fourth-order valence-electron chi connectivity index (χ4n) is 3.70. The van der Waals surface area contributed by atoms with Gasteiger partial charge in [0, 0.05) is 49.0 Å². The van der Waals surface area contributed by atoms with Gasteiger partial charge >= 0.3 is 0 Å². The predicted molar refractivity (Wildman–Crippen MR) is 101 cm³/mol. The molecule has 0 aliphatic carbocycles. The summed E-state index contributed by atoms with van der Waals surface area (Å²) in [6.07, 6.45) is 7.65. The zero-order chi connectivity index (χ0) is 17.9. The lowest BCUT2D eigenvalue weighted by Gasteiger charge is -2.32. The van der Waals surface area contributed by atoms with Crippen molar-refractivity contribution in [2.45, 2.75) is 39.2 Å². The zero-order valence-corrected chi connectivity index (χ0v) is 15.3. The van der Waals surface area contributed by atoms with E-state index < -0.39 is 0 Å². The lowest BCUT2D eigenvalue weighted by atomic mass is 9.93. The Kier molecular flexibility index (Phi) is 4.75. The molecule has 0 spiro atoms. The Morgan fingerprint density at radius 3 is 2.85 bits per heavy atom. The van der Waals surface area contributed by atoms with E-state index in [4.69, 9.17) is 0 Å². The number of hydrogen-bond acceptors (Lipinski definition) is 5. The molecule has 0 saturated carbocycles. The highest BCUT2D eigenvalue weighted by molar-refractivity contribution is 5.53. The maximum atomic E-state index is 4.68. The third kappa shape index (κ3) is 3.65. The Bertz CT molecular complexity index is 887. The second-order valence-corrected chi connectivity index (χ2v) is 7.05. The summed E-state index contributed by atoms with van der Waals surface area (Å²) in [7, 11) is 0. The van der Waals surface area contributed by atoms with Gasteiger partial charge in [0.1, 0.15) is 5.69 Å². The third-order valence-corrected chi connectivity index (χ3v) is 4.88. The molecule has 0 unspecified atom stereocenters. The fourth-order valence-corrected chi connectivity index (χ4v) is 3.70. The van der Waals surface area contributed by atoms with Crippen LogP contribution in [0.1, 0.15) is 41.5 Å². The van der Waals surface area contributed by atoms with Crippen molar-refractivity contribution in [3.63, 3.8) is 0 Å². The minimum absolute atomic E-state index is 0.364. The summed E-state index contributed by atoms with van der Waals surface area (Å²) in [4.78, 5) is 24.1. The van der Waals surface area contributed by atoms with Gasteiger partial charge < -0.3 is 4.98 Å². The lowest BCUT2D eigenvalue weighted by molar-refractivity contribution is 0.196. The molecule has 0 bridgehead atoms. The molecule has 1 aliphatic rings. The highest BCUT2D eigenvalue weighted by atomic mass is 15.1. The average molecular weight is 348 g/mol. The van der Waals surface area contributed by atoms with E-state index in [1.165, 1.54) is 0 Å². The number of likely N-dealkylation sites (tertiary alicyclic amines) is 1. The molecule has 6 heteroatoms. The Morgan fingerprint density at radius 1 is 1.15 bits per heavy atom. The van der Waals surface area contributed by atoms with Crippen LogP contribution in [0.25, 0.3) is 11.5 Å². The summed E-state index contributed by atoms with van der Waals surface area (Å²) in [5.74, 6) is 1.17. The van der Waals surface area contributed by atoms with E-state index in [0.29, 0.717) is 5.92 Å². The Labute approximate surface area is 153 Å². The molecule has 4 heterocycles. The number of nitrogens with zero attached hydrogens (tertiary/aromatic N) is 5. The smallest absolute Gasteiger partial charge is 0.158 e. The second kappa shape index (κ2) is 7.33. The Hall–Kier alpha value is -2.60. The molecule has 1 N–H and O–H groups in total. The largest absolute Gasteiger partial charge is 0.341 e. The van der Waals surface area contributed by atoms with E-state index in [-0.39, 0.29) is 0 Å². The molecule has 4 rings (SSSR count). The number of H-pyrrole nitrogens is 1. The molecule has 0 radical (unpaired) electrons. The van der Waals surface area contributed by atoms with E-state index in [1.54, 1.807) is 12.4 Å². The van der Waals surface area contributed by atoms with Crippen LogP contribution in [0.3, 0.4) is 0 Å². The monoisotopic (exact) mass is 348 g/mol. The first-order valence-corrected chi connectivity index (χ1v) is 9.17. The minimum Gasteiger partial charge on any atom is -0.341 e. The van der Waals surface area contributed by atoms with Crippen LogP contribution in [0, 0.1) is 13.8 Å². The number of piperidine rings is 1. The van der Waals surface area contributed by atoms with Crippen molar-refractivity contribution in [1.29, 1.82) is 0 Å². The van der Waals surface area contributed by atoms with Crippen LogP contribution in [0.2, 0.25) is 0 Å². The fraction of sp³-hybridized carbons (Fsp3) is 0.400. The molecule has 134 valence electrons. The van der Waals surface area contributed by atoms with Crippen molar-refractivity contribution in [2.24, 2.45) is 0 Å². The van der Waals surface area contributed by atoms with Crippen molar-refractivity contribution in [3.8, 4) is 11.5 Å². The summed E-state index contributed by atoms with van der Waals surface area (Å²) in [5, 5.41) is 0. The van der Waals surface area contributed by atoms with Gasteiger partial charge in [-0.3, -0.25) is 14.9 Å². The highest BCUT2D eigenvalue weighted by Crippen LogP contribution is 2.31. The van der Waals surface area contributed by atoms with Crippen LogP contribution in [0.5, 0.6) is 0 Å². The van der Waals surface area contributed by atoms with Crippen molar-refractivity contribution < 1.29 is 0 Å². The molecule has 3 aromatic heterocycles. The van der Waals surface area contributed by atoms with Gasteiger partial charge in [-0.15, -0.1) is 0 Å². The van der Waals surface area contributed by atoms with Gasteiger partial charge in [-0.25, -0.2) is 9.97 Å². The average Bonchev–Trinajstić information content (AvgIpc) is 3.08. The van der Waals surface area contributed by atoms with Gasteiger partial charge in [0.05, 0.1) is 11.4 Å². The molecule has 3 aromatic rings. The molecule has 1 atom stereocenters. The lowest BCUT2D eigenvalue weighted by Crippen LogP contribution is -2.34. The number of aryl methyl sites for hydroxylation is 2. The molecular weight excluding hydrogens is 324 g/mol. The molecule has 1 aliphatic heterocycles. The van der Waals surface area contributed by atoms with E-state index in [9.17, 15) is 0 Å². The van der Waals surface area contributed by atoms with Crippen molar-refractivity contribution in [2.75, 3.05) is 13.1 Å².